The molecule has 3 rings (SSSR count). The molecule has 1 saturated heterocycles. The molecule has 3 heterocycles. The van der Waals surface area contributed by atoms with Crippen LogP contribution in [0, 0.1) is 0 Å². The average Bonchev–Trinajstić information content (AvgIpc) is 3.04. The standard InChI is InChI=1S/C16H19F3N6O2/c17-16(18,19)10-20-15(27)21-13(26)9-24-7-4-11(5-8-24)14-23-22-12-3-1-2-6-25(12)14/h1-3,6,11H,4-5,7-10H2,(H2,20,21,26,27). The molecule has 11 heteroatoms. The van der Waals surface area contributed by atoms with Gasteiger partial charge in [0.05, 0.1) is 6.54 Å². The molecule has 0 saturated carbocycles. The summed E-state index contributed by atoms with van der Waals surface area (Å²) in [5.41, 5.74) is 0.777. The van der Waals surface area contributed by atoms with Crippen LogP contribution in [-0.4, -0.2) is 63.8 Å². The van der Waals surface area contributed by atoms with Crippen LogP contribution in [0.3, 0.4) is 0 Å². The third-order valence-electron chi connectivity index (χ3n) is 4.36. The molecule has 1 aliphatic rings. The Labute approximate surface area is 152 Å². The zero-order valence-electron chi connectivity index (χ0n) is 14.4. The lowest BCUT2D eigenvalue weighted by atomic mass is 9.96. The third-order valence-corrected chi connectivity index (χ3v) is 4.36. The number of nitrogens with one attached hydrogen (secondary N) is 2. The summed E-state index contributed by atoms with van der Waals surface area (Å²) >= 11 is 0. The fraction of sp³-hybridized carbons (Fsp3) is 0.500. The highest BCUT2D eigenvalue weighted by Gasteiger charge is 2.29. The number of carbonyl (C=O) groups is 2. The number of imide groups is 1. The summed E-state index contributed by atoms with van der Waals surface area (Å²) in [6.45, 7) is -0.301. The van der Waals surface area contributed by atoms with Gasteiger partial charge in [0.2, 0.25) is 5.91 Å². The summed E-state index contributed by atoms with van der Waals surface area (Å²) in [5.74, 6) is 0.444. The van der Waals surface area contributed by atoms with Gasteiger partial charge in [0.1, 0.15) is 12.4 Å². The van der Waals surface area contributed by atoms with E-state index in [2.05, 4.69) is 10.2 Å². The van der Waals surface area contributed by atoms with Crippen molar-refractivity contribution in [3.8, 4) is 0 Å². The van der Waals surface area contributed by atoms with Gasteiger partial charge in [0.15, 0.2) is 5.65 Å². The van der Waals surface area contributed by atoms with Crippen LogP contribution in [-0.2, 0) is 4.79 Å². The van der Waals surface area contributed by atoms with Crippen LogP contribution in [0.1, 0.15) is 24.6 Å². The summed E-state index contributed by atoms with van der Waals surface area (Å²) in [4.78, 5) is 25.0. The predicted octanol–water partition coefficient (Wildman–Crippen LogP) is 1.30. The van der Waals surface area contributed by atoms with Crippen LogP contribution in [0.4, 0.5) is 18.0 Å². The molecule has 0 aromatic carbocycles. The van der Waals surface area contributed by atoms with E-state index in [-0.39, 0.29) is 12.5 Å². The number of pyridine rings is 1. The topological polar surface area (TPSA) is 91.6 Å². The van der Waals surface area contributed by atoms with Crippen molar-refractivity contribution in [3.05, 3.63) is 30.2 Å². The lowest BCUT2D eigenvalue weighted by Gasteiger charge is -2.30. The number of nitrogens with zero attached hydrogens (tertiary/aromatic N) is 4. The van der Waals surface area contributed by atoms with Gasteiger partial charge in [-0.15, -0.1) is 10.2 Å². The summed E-state index contributed by atoms with van der Waals surface area (Å²) in [5, 5.41) is 11.9. The molecule has 0 bridgehead atoms. The minimum absolute atomic E-state index is 0.0489. The second-order valence-electron chi connectivity index (χ2n) is 6.38. The van der Waals surface area contributed by atoms with Crippen LogP contribution in [0.25, 0.3) is 5.65 Å². The van der Waals surface area contributed by atoms with Gasteiger partial charge in [0.25, 0.3) is 0 Å². The number of rotatable bonds is 4. The minimum atomic E-state index is -4.52. The first-order valence-corrected chi connectivity index (χ1v) is 8.48. The van der Waals surface area contributed by atoms with E-state index in [0.717, 1.165) is 24.3 Å². The Balaban J connectivity index is 1.45. The number of piperidine rings is 1. The number of fused-ring (bicyclic) bond motifs is 1. The molecule has 0 aliphatic carbocycles. The van der Waals surface area contributed by atoms with Crippen molar-refractivity contribution in [3.63, 3.8) is 0 Å². The van der Waals surface area contributed by atoms with Gasteiger partial charge < -0.3 is 5.32 Å². The highest BCUT2D eigenvalue weighted by Crippen LogP contribution is 2.26. The fourth-order valence-electron chi connectivity index (χ4n) is 3.08. The van der Waals surface area contributed by atoms with Crippen molar-refractivity contribution in [2.24, 2.45) is 0 Å². The number of alkyl halides is 3. The van der Waals surface area contributed by atoms with Crippen molar-refractivity contribution in [2.75, 3.05) is 26.2 Å². The lowest BCUT2D eigenvalue weighted by molar-refractivity contribution is -0.125. The van der Waals surface area contributed by atoms with Crippen LogP contribution in [0.2, 0.25) is 0 Å². The molecule has 0 spiro atoms. The van der Waals surface area contributed by atoms with E-state index in [9.17, 15) is 22.8 Å². The first-order chi connectivity index (χ1) is 12.8. The Morgan fingerprint density at radius 3 is 2.63 bits per heavy atom. The zero-order valence-corrected chi connectivity index (χ0v) is 14.4. The summed E-state index contributed by atoms with van der Waals surface area (Å²) in [6.07, 6.45) is -1.08. The van der Waals surface area contributed by atoms with Crippen molar-refractivity contribution in [1.29, 1.82) is 0 Å². The van der Waals surface area contributed by atoms with E-state index < -0.39 is 24.7 Å². The van der Waals surface area contributed by atoms with Gasteiger partial charge in [-0.25, -0.2) is 4.79 Å². The Morgan fingerprint density at radius 1 is 1.19 bits per heavy atom. The van der Waals surface area contributed by atoms with Gasteiger partial charge in [-0.05, 0) is 38.1 Å². The number of amides is 3. The van der Waals surface area contributed by atoms with E-state index in [1.54, 1.807) is 5.32 Å². The average molecular weight is 384 g/mol. The maximum Gasteiger partial charge on any atom is 0.405 e. The number of hydrogen-bond donors (Lipinski definition) is 2. The maximum atomic E-state index is 12.0. The number of halogens is 3. The van der Waals surface area contributed by atoms with E-state index in [4.69, 9.17) is 0 Å². The van der Waals surface area contributed by atoms with Crippen molar-refractivity contribution < 1.29 is 22.8 Å². The van der Waals surface area contributed by atoms with Crippen molar-refractivity contribution in [1.82, 2.24) is 30.1 Å². The van der Waals surface area contributed by atoms with Crippen LogP contribution in [0.5, 0.6) is 0 Å². The number of hydrogen-bond acceptors (Lipinski definition) is 5. The second kappa shape index (κ2) is 7.91. The highest BCUT2D eigenvalue weighted by atomic mass is 19.4. The third kappa shape index (κ3) is 5.16. The Bertz CT molecular complexity index is 814. The minimum Gasteiger partial charge on any atom is -0.329 e. The summed E-state index contributed by atoms with van der Waals surface area (Å²) in [6, 6.07) is 4.52. The Morgan fingerprint density at radius 2 is 1.93 bits per heavy atom. The molecule has 1 aliphatic heterocycles. The molecule has 3 amide bonds. The normalized spacial score (nSPS) is 16.4. The molecule has 2 aromatic heterocycles. The molecule has 0 radical (unpaired) electrons. The fourth-order valence-corrected chi connectivity index (χ4v) is 3.08. The maximum absolute atomic E-state index is 12.0. The van der Waals surface area contributed by atoms with Gasteiger partial charge >= 0.3 is 12.2 Å². The molecule has 1 fully saturated rings. The van der Waals surface area contributed by atoms with Gasteiger partial charge in [-0.2, -0.15) is 13.2 Å². The largest absolute Gasteiger partial charge is 0.405 e. The molecule has 146 valence electrons. The van der Waals surface area contributed by atoms with Crippen LogP contribution >= 0.6 is 0 Å². The van der Waals surface area contributed by atoms with E-state index in [1.807, 2.05) is 39.0 Å². The van der Waals surface area contributed by atoms with Gasteiger partial charge in [-0.1, -0.05) is 6.07 Å². The van der Waals surface area contributed by atoms with Crippen LogP contribution < -0.4 is 10.6 Å². The van der Waals surface area contributed by atoms with Crippen molar-refractivity contribution >= 4 is 17.6 Å². The molecule has 2 N–H and O–H groups in total. The molecule has 0 atom stereocenters. The second-order valence-corrected chi connectivity index (χ2v) is 6.38. The zero-order chi connectivity index (χ0) is 19.4. The number of aromatic nitrogens is 3. The van der Waals surface area contributed by atoms with E-state index in [1.165, 1.54) is 0 Å². The molecule has 27 heavy (non-hydrogen) atoms. The first-order valence-electron chi connectivity index (χ1n) is 8.48. The van der Waals surface area contributed by atoms with Crippen molar-refractivity contribution in [2.45, 2.75) is 24.9 Å². The van der Waals surface area contributed by atoms with E-state index in [0.29, 0.717) is 13.1 Å². The van der Waals surface area contributed by atoms with Crippen LogP contribution in [0.15, 0.2) is 24.4 Å². The number of urea groups is 1. The SMILES string of the molecule is O=C(CN1CCC(c2nnc3ccccn23)CC1)NC(=O)NCC(F)(F)F. The monoisotopic (exact) mass is 384 g/mol. The Kier molecular flexibility index (Phi) is 5.59. The smallest absolute Gasteiger partial charge is 0.329 e. The Hall–Kier alpha value is -2.69. The quantitative estimate of drug-likeness (QED) is 0.829. The molecule has 2 aromatic rings. The molecular weight excluding hydrogens is 365 g/mol. The molecule has 0 unspecified atom stereocenters. The van der Waals surface area contributed by atoms with Gasteiger partial charge in [0, 0.05) is 12.1 Å². The van der Waals surface area contributed by atoms with E-state index >= 15 is 0 Å². The van der Waals surface area contributed by atoms with Gasteiger partial charge in [-0.3, -0.25) is 19.4 Å². The number of carbonyl (C=O) groups excluding carboxylic acids is 2. The first kappa shape index (κ1) is 19.1. The lowest BCUT2D eigenvalue weighted by Crippen LogP contribution is -2.47. The highest BCUT2D eigenvalue weighted by molar-refractivity contribution is 5.95. The summed E-state index contributed by atoms with van der Waals surface area (Å²) < 4.78 is 38.0. The number of likely N-dealkylation sites (tertiary alicyclic amines) is 1. The molecule has 8 nitrogen and oxygen atoms in total. The predicted molar refractivity (Wildman–Crippen MR) is 89.0 cm³/mol. The summed E-state index contributed by atoms with van der Waals surface area (Å²) in [7, 11) is 0. The molecular formula is C16H19F3N6O2.